The van der Waals surface area contributed by atoms with Gasteiger partial charge >= 0.3 is 0 Å². The Morgan fingerprint density at radius 1 is 1.55 bits per heavy atom. The number of thioether (sulfide) groups is 1. The van der Waals surface area contributed by atoms with Crippen LogP contribution in [0, 0.1) is 0 Å². The van der Waals surface area contributed by atoms with Crippen molar-refractivity contribution in [1.82, 2.24) is 0 Å². The lowest BCUT2D eigenvalue weighted by atomic mass is 10.2. The number of benzene rings is 1. The zero-order chi connectivity index (χ0) is 8.27. The van der Waals surface area contributed by atoms with Crippen LogP contribution in [0.3, 0.4) is 0 Å². The standard InChI is InChI=1S/C8H10BrNS/c1-11-8-4-6(5-9)2-3-7(8)10/h2-4H,5,10H2,1H3. The maximum atomic E-state index is 5.72. The fourth-order valence-corrected chi connectivity index (χ4v) is 1.76. The van der Waals surface area contributed by atoms with Crippen molar-refractivity contribution >= 4 is 33.4 Å². The zero-order valence-electron chi connectivity index (χ0n) is 6.30. The maximum Gasteiger partial charge on any atom is 0.0452 e. The first-order valence-electron chi connectivity index (χ1n) is 3.26. The normalized spacial score (nSPS) is 10.0. The molecule has 0 heterocycles. The molecule has 0 aromatic heterocycles. The third kappa shape index (κ3) is 2.14. The molecule has 0 saturated heterocycles. The predicted molar refractivity (Wildman–Crippen MR) is 55.3 cm³/mol. The van der Waals surface area contributed by atoms with Crippen LogP contribution in [0.1, 0.15) is 5.56 Å². The molecule has 0 atom stereocenters. The van der Waals surface area contributed by atoms with Crippen LogP contribution in [0.4, 0.5) is 5.69 Å². The molecule has 0 bridgehead atoms. The quantitative estimate of drug-likeness (QED) is 0.482. The van der Waals surface area contributed by atoms with Gasteiger partial charge in [-0.1, -0.05) is 22.0 Å². The molecule has 1 nitrogen and oxygen atoms in total. The van der Waals surface area contributed by atoms with Crippen LogP contribution in [-0.4, -0.2) is 6.26 Å². The first-order chi connectivity index (χ1) is 5.27. The number of alkyl halides is 1. The average Bonchev–Trinajstić information content (AvgIpc) is 2.05. The van der Waals surface area contributed by atoms with Crippen molar-refractivity contribution in [1.29, 1.82) is 0 Å². The van der Waals surface area contributed by atoms with E-state index in [1.165, 1.54) is 5.56 Å². The molecule has 0 amide bonds. The number of hydrogen-bond donors (Lipinski definition) is 1. The largest absolute Gasteiger partial charge is 0.398 e. The lowest BCUT2D eigenvalue weighted by Gasteiger charge is -2.03. The molecule has 1 aromatic carbocycles. The number of nitrogens with two attached hydrogens (primary N) is 1. The van der Waals surface area contributed by atoms with Gasteiger partial charge < -0.3 is 5.73 Å². The molecular formula is C8H10BrNS. The molecule has 3 heteroatoms. The summed E-state index contributed by atoms with van der Waals surface area (Å²) in [6, 6.07) is 6.08. The van der Waals surface area contributed by atoms with Gasteiger partial charge in [-0.15, -0.1) is 11.8 Å². The Kier molecular flexibility index (Phi) is 3.27. The Labute approximate surface area is 79.5 Å². The molecule has 0 saturated carbocycles. The van der Waals surface area contributed by atoms with Crippen molar-refractivity contribution in [3.63, 3.8) is 0 Å². The van der Waals surface area contributed by atoms with E-state index in [-0.39, 0.29) is 0 Å². The molecule has 0 spiro atoms. The Hall–Kier alpha value is -0.150. The van der Waals surface area contributed by atoms with E-state index in [2.05, 4.69) is 22.0 Å². The number of nitrogen functional groups attached to an aromatic ring is 1. The fourth-order valence-electron chi connectivity index (χ4n) is 0.839. The molecule has 1 aromatic rings. The summed E-state index contributed by atoms with van der Waals surface area (Å²) in [5.41, 5.74) is 7.85. The summed E-state index contributed by atoms with van der Waals surface area (Å²) in [5.74, 6) is 0. The smallest absolute Gasteiger partial charge is 0.0452 e. The molecule has 0 aliphatic heterocycles. The lowest BCUT2D eigenvalue weighted by molar-refractivity contribution is 1.35. The van der Waals surface area contributed by atoms with Gasteiger partial charge in [0, 0.05) is 15.9 Å². The van der Waals surface area contributed by atoms with Gasteiger partial charge in [0.15, 0.2) is 0 Å². The van der Waals surface area contributed by atoms with Gasteiger partial charge in [-0.25, -0.2) is 0 Å². The highest BCUT2D eigenvalue weighted by molar-refractivity contribution is 9.08. The predicted octanol–water partition coefficient (Wildman–Crippen LogP) is 2.89. The van der Waals surface area contributed by atoms with E-state index in [0.717, 1.165) is 15.9 Å². The van der Waals surface area contributed by atoms with Crippen LogP contribution in [0.5, 0.6) is 0 Å². The third-order valence-electron chi connectivity index (χ3n) is 1.45. The summed E-state index contributed by atoms with van der Waals surface area (Å²) >= 11 is 5.07. The van der Waals surface area contributed by atoms with Gasteiger partial charge in [0.1, 0.15) is 0 Å². The van der Waals surface area contributed by atoms with E-state index in [1.807, 2.05) is 18.4 Å². The van der Waals surface area contributed by atoms with E-state index in [4.69, 9.17) is 5.73 Å². The maximum absolute atomic E-state index is 5.72. The van der Waals surface area contributed by atoms with Crippen molar-refractivity contribution in [2.75, 3.05) is 12.0 Å². The SMILES string of the molecule is CSc1cc(CBr)ccc1N. The van der Waals surface area contributed by atoms with Crippen LogP contribution >= 0.6 is 27.7 Å². The van der Waals surface area contributed by atoms with E-state index in [9.17, 15) is 0 Å². The minimum atomic E-state index is 0.863. The van der Waals surface area contributed by atoms with Gasteiger partial charge in [0.05, 0.1) is 0 Å². The fraction of sp³-hybridized carbons (Fsp3) is 0.250. The van der Waals surface area contributed by atoms with Gasteiger partial charge in [0.25, 0.3) is 0 Å². The van der Waals surface area contributed by atoms with Crippen LogP contribution < -0.4 is 5.73 Å². The van der Waals surface area contributed by atoms with Gasteiger partial charge in [-0.05, 0) is 24.0 Å². The molecule has 0 aliphatic carbocycles. The summed E-state index contributed by atoms with van der Waals surface area (Å²) < 4.78 is 0. The summed E-state index contributed by atoms with van der Waals surface area (Å²) in [6.07, 6.45) is 2.03. The Morgan fingerprint density at radius 3 is 2.82 bits per heavy atom. The molecule has 2 N–H and O–H groups in total. The highest BCUT2D eigenvalue weighted by Gasteiger charge is 1.97. The summed E-state index contributed by atoms with van der Waals surface area (Å²) in [5, 5.41) is 0.890. The molecule has 0 fully saturated rings. The van der Waals surface area contributed by atoms with E-state index in [1.54, 1.807) is 11.8 Å². The van der Waals surface area contributed by atoms with Crippen LogP contribution in [0.15, 0.2) is 23.1 Å². The van der Waals surface area contributed by atoms with Gasteiger partial charge in [-0.2, -0.15) is 0 Å². The van der Waals surface area contributed by atoms with Gasteiger partial charge in [0.2, 0.25) is 0 Å². The molecule has 0 aliphatic rings. The third-order valence-corrected chi connectivity index (χ3v) is 2.89. The van der Waals surface area contributed by atoms with E-state index < -0.39 is 0 Å². The number of hydrogen-bond acceptors (Lipinski definition) is 2. The highest BCUT2D eigenvalue weighted by Crippen LogP contribution is 2.24. The summed E-state index contributed by atoms with van der Waals surface area (Å²) in [6.45, 7) is 0. The first-order valence-corrected chi connectivity index (χ1v) is 5.61. The summed E-state index contributed by atoms with van der Waals surface area (Å²) in [7, 11) is 0. The second-order valence-corrected chi connectivity index (χ2v) is 3.62. The summed E-state index contributed by atoms with van der Waals surface area (Å²) in [4.78, 5) is 1.15. The molecular weight excluding hydrogens is 222 g/mol. The molecule has 0 unspecified atom stereocenters. The van der Waals surface area contributed by atoms with E-state index >= 15 is 0 Å². The average molecular weight is 232 g/mol. The number of rotatable bonds is 2. The van der Waals surface area contributed by atoms with Crippen LogP contribution in [-0.2, 0) is 5.33 Å². The first kappa shape index (κ1) is 8.94. The van der Waals surface area contributed by atoms with Crippen LogP contribution in [0.2, 0.25) is 0 Å². The second-order valence-electron chi connectivity index (χ2n) is 2.21. The Bertz CT molecular complexity index is 250. The minimum absolute atomic E-state index is 0.863. The lowest BCUT2D eigenvalue weighted by Crippen LogP contribution is -1.88. The molecule has 0 radical (unpaired) electrons. The van der Waals surface area contributed by atoms with Gasteiger partial charge in [-0.3, -0.25) is 0 Å². The molecule has 60 valence electrons. The minimum Gasteiger partial charge on any atom is -0.398 e. The molecule has 11 heavy (non-hydrogen) atoms. The van der Waals surface area contributed by atoms with Crippen molar-refractivity contribution in [3.8, 4) is 0 Å². The van der Waals surface area contributed by atoms with Crippen LogP contribution in [0.25, 0.3) is 0 Å². The van der Waals surface area contributed by atoms with Crippen molar-refractivity contribution in [2.24, 2.45) is 0 Å². The van der Waals surface area contributed by atoms with Crippen molar-refractivity contribution < 1.29 is 0 Å². The molecule has 1 rings (SSSR count). The number of anilines is 1. The second kappa shape index (κ2) is 4.02. The highest BCUT2D eigenvalue weighted by atomic mass is 79.9. The Balaban J connectivity index is 3.02. The number of halogens is 1. The zero-order valence-corrected chi connectivity index (χ0v) is 8.71. The van der Waals surface area contributed by atoms with Crippen molar-refractivity contribution in [2.45, 2.75) is 10.2 Å². The van der Waals surface area contributed by atoms with E-state index in [0.29, 0.717) is 0 Å². The Morgan fingerprint density at radius 2 is 2.27 bits per heavy atom. The van der Waals surface area contributed by atoms with Crippen molar-refractivity contribution in [3.05, 3.63) is 23.8 Å². The monoisotopic (exact) mass is 231 g/mol. The topological polar surface area (TPSA) is 26.0 Å².